The van der Waals surface area contributed by atoms with E-state index in [0.717, 1.165) is 22.4 Å². The van der Waals surface area contributed by atoms with Gasteiger partial charge in [-0.15, -0.1) is 0 Å². The second-order valence-electron chi connectivity index (χ2n) is 6.13. The molecule has 1 amide bonds. The van der Waals surface area contributed by atoms with Crippen LogP contribution in [0, 0.1) is 0 Å². The zero-order valence-corrected chi connectivity index (χ0v) is 15.3. The number of benzene rings is 2. The van der Waals surface area contributed by atoms with Gasteiger partial charge in [0.25, 0.3) is 11.5 Å². The summed E-state index contributed by atoms with van der Waals surface area (Å²) in [6.45, 7) is 5.51. The van der Waals surface area contributed by atoms with Gasteiger partial charge in [0.15, 0.2) is 0 Å². The fourth-order valence-electron chi connectivity index (χ4n) is 2.93. The minimum atomic E-state index is -0.483. The number of carbonyl (C=O) groups excluding carboxylic acids is 1. The van der Waals surface area contributed by atoms with Crippen LogP contribution in [0.4, 0.5) is 5.69 Å². The minimum Gasteiger partial charge on any atom is -0.322 e. The van der Waals surface area contributed by atoms with Crippen molar-refractivity contribution in [1.29, 1.82) is 0 Å². The van der Waals surface area contributed by atoms with Crippen molar-refractivity contribution in [2.75, 3.05) is 11.9 Å². The Kier molecular flexibility index (Phi) is 5.52. The van der Waals surface area contributed by atoms with Gasteiger partial charge in [0, 0.05) is 24.3 Å². The second-order valence-corrected chi connectivity index (χ2v) is 6.13. The van der Waals surface area contributed by atoms with E-state index in [0.29, 0.717) is 23.0 Å². The van der Waals surface area contributed by atoms with Gasteiger partial charge < -0.3 is 15.6 Å². The molecule has 0 bridgehead atoms. The third-order valence-corrected chi connectivity index (χ3v) is 4.39. The van der Waals surface area contributed by atoms with E-state index < -0.39 is 5.69 Å². The molecule has 0 saturated carbocycles. The number of amides is 1. The lowest BCUT2D eigenvalue weighted by Crippen LogP contribution is -2.34. The average Bonchev–Trinajstić information content (AvgIpc) is 2.67. The van der Waals surface area contributed by atoms with Gasteiger partial charge in [-0.2, -0.15) is 0 Å². The maximum atomic E-state index is 12.7. The van der Waals surface area contributed by atoms with E-state index in [2.05, 4.69) is 15.6 Å². The standard InChI is InChI=1S/C20H22N4O3/c1-3-21-12-14-7-5-6-8-16(14)22-18(25)13-9-10-15-17(11-13)23-20(27)24(4-2)19(15)26/h5-11,21H,3-4,12H2,1-2H3,(H,22,25)(H,23,27). The topological polar surface area (TPSA) is 96.0 Å². The molecule has 2 aromatic carbocycles. The maximum Gasteiger partial charge on any atom is 0.328 e. The van der Waals surface area contributed by atoms with Crippen molar-refractivity contribution >= 4 is 22.5 Å². The quantitative estimate of drug-likeness (QED) is 0.622. The number of carbonyl (C=O) groups is 1. The molecular weight excluding hydrogens is 344 g/mol. The highest BCUT2D eigenvalue weighted by molar-refractivity contribution is 6.06. The fraction of sp³-hybridized carbons (Fsp3) is 0.250. The molecule has 0 radical (unpaired) electrons. The van der Waals surface area contributed by atoms with Crippen molar-refractivity contribution in [1.82, 2.24) is 14.9 Å². The van der Waals surface area contributed by atoms with Crippen LogP contribution in [0.2, 0.25) is 0 Å². The van der Waals surface area contributed by atoms with E-state index >= 15 is 0 Å². The Bertz CT molecular complexity index is 1100. The molecule has 0 unspecified atom stereocenters. The molecular formula is C20H22N4O3. The molecule has 0 aliphatic heterocycles. The summed E-state index contributed by atoms with van der Waals surface area (Å²) in [5.41, 5.74) is 1.57. The van der Waals surface area contributed by atoms with Gasteiger partial charge in [-0.3, -0.25) is 14.2 Å². The van der Waals surface area contributed by atoms with Crippen molar-refractivity contribution in [2.45, 2.75) is 26.9 Å². The van der Waals surface area contributed by atoms with Gasteiger partial charge in [-0.05, 0) is 43.3 Å². The molecule has 0 atom stereocenters. The molecule has 0 spiro atoms. The summed E-state index contributed by atoms with van der Waals surface area (Å²) in [5.74, 6) is -0.304. The molecule has 1 heterocycles. The highest BCUT2D eigenvalue weighted by atomic mass is 16.2. The van der Waals surface area contributed by atoms with E-state index in [4.69, 9.17) is 0 Å². The lowest BCUT2D eigenvalue weighted by Gasteiger charge is -2.12. The molecule has 0 saturated heterocycles. The smallest absolute Gasteiger partial charge is 0.322 e. The first-order chi connectivity index (χ1) is 13.0. The fourth-order valence-corrected chi connectivity index (χ4v) is 2.93. The number of para-hydroxylation sites is 1. The highest BCUT2D eigenvalue weighted by Gasteiger charge is 2.12. The summed E-state index contributed by atoms with van der Waals surface area (Å²) in [4.78, 5) is 39.7. The molecule has 7 heteroatoms. The summed E-state index contributed by atoms with van der Waals surface area (Å²) in [7, 11) is 0. The number of fused-ring (bicyclic) bond motifs is 1. The number of hydrogen-bond donors (Lipinski definition) is 3. The van der Waals surface area contributed by atoms with Crippen molar-refractivity contribution < 1.29 is 4.79 Å². The minimum absolute atomic E-state index is 0.287. The maximum absolute atomic E-state index is 12.7. The van der Waals surface area contributed by atoms with Gasteiger partial charge in [0.05, 0.1) is 10.9 Å². The first-order valence-corrected chi connectivity index (χ1v) is 8.92. The monoisotopic (exact) mass is 366 g/mol. The Labute approximate surface area is 156 Å². The Morgan fingerprint density at radius 2 is 1.89 bits per heavy atom. The van der Waals surface area contributed by atoms with E-state index in [1.54, 1.807) is 19.1 Å². The second kappa shape index (κ2) is 8.01. The Morgan fingerprint density at radius 3 is 2.63 bits per heavy atom. The third-order valence-electron chi connectivity index (χ3n) is 4.39. The van der Waals surface area contributed by atoms with E-state index in [9.17, 15) is 14.4 Å². The molecule has 1 aromatic heterocycles. The molecule has 27 heavy (non-hydrogen) atoms. The normalized spacial score (nSPS) is 10.9. The molecule has 0 fully saturated rings. The van der Waals surface area contributed by atoms with Crippen LogP contribution in [0.15, 0.2) is 52.1 Å². The van der Waals surface area contributed by atoms with Crippen LogP contribution in [-0.2, 0) is 13.1 Å². The van der Waals surface area contributed by atoms with Crippen molar-refractivity contribution in [3.05, 3.63) is 74.4 Å². The van der Waals surface area contributed by atoms with Crippen LogP contribution < -0.4 is 21.9 Å². The lowest BCUT2D eigenvalue weighted by molar-refractivity contribution is 0.102. The highest BCUT2D eigenvalue weighted by Crippen LogP contribution is 2.17. The summed E-state index contributed by atoms with van der Waals surface area (Å²) in [6.07, 6.45) is 0. The Morgan fingerprint density at radius 1 is 1.11 bits per heavy atom. The largest absolute Gasteiger partial charge is 0.328 e. The molecule has 3 N–H and O–H groups in total. The van der Waals surface area contributed by atoms with Crippen LogP contribution in [-0.4, -0.2) is 22.0 Å². The van der Waals surface area contributed by atoms with Crippen molar-refractivity contribution in [3.63, 3.8) is 0 Å². The molecule has 3 rings (SSSR count). The molecule has 0 aliphatic rings. The van der Waals surface area contributed by atoms with Gasteiger partial charge in [-0.1, -0.05) is 25.1 Å². The first-order valence-electron chi connectivity index (χ1n) is 8.92. The zero-order chi connectivity index (χ0) is 19.4. The van der Waals surface area contributed by atoms with E-state index in [1.807, 2.05) is 31.2 Å². The number of nitrogens with one attached hydrogen (secondary N) is 3. The van der Waals surface area contributed by atoms with E-state index in [-0.39, 0.29) is 18.0 Å². The summed E-state index contributed by atoms with van der Waals surface area (Å²) in [5, 5.41) is 6.51. The lowest BCUT2D eigenvalue weighted by atomic mass is 10.1. The Hall–Kier alpha value is -3.19. The number of nitrogens with zero attached hydrogens (tertiary/aromatic N) is 1. The summed E-state index contributed by atoms with van der Waals surface area (Å²) < 4.78 is 1.12. The Balaban J connectivity index is 1.93. The van der Waals surface area contributed by atoms with Crippen LogP contribution in [0.3, 0.4) is 0 Å². The van der Waals surface area contributed by atoms with Gasteiger partial charge >= 0.3 is 5.69 Å². The van der Waals surface area contributed by atoms with Gasteiger partial charge in [-0.25, -0.2) is 4.79 Å². The summed E-state index contributed by atoms with van der Waals surface area (Å²) >= 11 is 0. The number of rotatable bonds is 6. The van der Waals surface area contributed by atoms with Gasteiger partial charge in [0.1, 0.15) is 0 Å². The predicted octanol–water partition coefficient (Wildman–Crippen LogP) is 2.07. The first kappa shape index (κ1) is 18.6. The molecule has 3 aromatic rings. The molecule has 140 valence electrons. The van der Waals surface area contributed by atoms with Crippen LogP contribution >= 0.6 is 0 Å². The molecule has 7 nitrogen and oxygen atoms in total. The zero-order valence-electron chi connectivity index (χ0n) is 15.3. The average molecular weight is 366 g/mol. The van der Waals surface area contributed by atoms with Crippen molar-refractivity contribution in [2.24, 2.45) is 0 Å². The number of aromatic amines is 1. The predicted molar refractivity (Wildman–Crippen MR) is 106 cm³/mol. The summed E-state index contributed by atoms with van der Waals surface area (Å²) in [6, 6.07) is 12.2. The third kappa shape index (κ3) is 3.83. The number of aromatic nitrogens is 2. The van der Waals surface area contributed by atoms with Gasteiger partial charge in [0.2, 0.25) is 0 Å². The van der Waals surface area contributed by atoms with Crippen molar-refractivity contribution in [3.8, 4) is 0 Å². The number of hydrogen-bond acceptors (Lipinski definition) is 4. The molecule has 0 aliphatic carbocycles. The van der Waals surface area contributed by atoms with Crippen LogP contribution in [0.5, 0.6) is 0 Å². The number of H-pyrrole nitrogens is 1. The van der Waals surface area contributed by atoms with Crippen LogP contribution in [0.1, 0.15) is 29.8 Å². The van der Waals surface area contributed by atoms with Crippen LogP contribution in [0.25, 0.3) is 10.9 Å². The SMILES string of the molecule is CCNCc1ccccc1NC(=O)c1ccc2c(=O)n(CC)c(=O)[nH]c2c1. The van der Waals surface area contributed by atoms with E-state index in [1.165, 1.54) is 6.07 Å². The number of anilines is 1.